The van der Waals surface area contributed by atoms with E-state index < -0.39 is 0 Å². The van der Waals surface area contributed by atoms with E-state index in [4.69, 9.17) is 16.3 Å². The van der Waals surface area contributed by atoms with Crippen molar-refractivity contribution in [2.75, 3.05) is 6.61 Å². The summed E-state index contributed by atoms with van der Waals surface area (Å²) in [6, 6.07) is 12.8. The van der Waals surface area contributed by atoms with Gasteiger partial charge in [0.2, 0.25) is 0 Å². The van der Waals surface area contributed by atoms with Gasteiger partial charge in [-0.05, 0) is 49.2 Å². The third-order valence-electron chi connectivity index (χ3n) is 4.65. The number of hydrogen-bond acceptors (Lipinski definition) is 3. The van der Waals surface area contributed by atoms with Crippen molar-refractivity contribution in [3.63, 3.8) is 0 Å². The fourth-order valence-corrected chi connectivity index (χ4v) is 3.13. The molecule has 4 nitrogen and oxygen atoms in total. The molecule has 2 aromatic rings. The van der Waals surface area contributed by atoms with Gasteiger partial charge in [0, 0.05) is 5.56 Å². The van der Waals surface area contributed by atoms with Crippen LogP contribution in [0.25, 0.3) is 0 Å². The summed E-state index contributed by atoms with van der Waals surface area (Å²) in [4.78, 5) is 12.0. The first-order valence-electron chi connectivity index (χ1n) is 10.4. The molecule has 0 fully saturated rings. The molecule has 0 aliphatic carbocycles. The molecule has 0 saturated carbocycles. The van der Waals surface area contributed by atoms with E-state index in [9.17, 15) is 4.79 Å². The van der Waals surface area contributed by atoms with Crippen LogP contribution in [0.5, 0.6) is 5.75 Å². The minimum atomic E-state index is -0.248. The predicted octanol–water partition coefficient (Wildman–Crippen LogP) is 6.54. The zero-order chi connectivity index (χ0) is 20.9. The van der Waals surface area contributed by atoms with Crippen molar-refractivity contribution < 1.29 is 9.53 Å². The molecule has 0 atom stereocenters. The quantitative estimate of drug-likeness (QED) is 0.243. The molecule has 0 saturated heterocycles. The number of hydrogen-bond donors (Lipinski definition) is 1. The summed E-state index contributed by atoms with van der Waals surface area (Å²) >= 11 is 6.30. The maximum atomic E-state index is 12.0. The summed E-state index contributed by atoms with van der Waals surface area (Å²) in [6.45, 7) is 4.88. The standard InChI is InChI=1S/C24H31ClN2O2/c1-3-4-5-6-7-8-9-16-29-23-15-12-20(17-22(23)25)18-26-27-24(28)21-13-10-19(2)11-14-21/h10-15,17-18H,3-9,16H2,1-2H3,(H,27,28)/b26-18-. The van der Waals surface area contributed by atoms with E-state index in [0.717, 1.165) is 17.5 Å². The highest BCUT2D eigenvalue weighted by Crippen LogP contribution is 2.25. The zero-order valence-electron chi connectivity index (χ0n) is 17.4. The van der Waals surface area contributed by atoms with Gasteiger partial charge in [-0.3, -0.25) is 4.79 Å². The van der Waals surface area contributed by atoms with Gasteiger partial charge in [-0.15, -0.1) is 0 Å². The fraction of sp³-hybridized carbons (Fsp3) is 0.417. The van der Waals surface area contributed by atoms with E-state index in [2.05, 4.69) is 17.5 Å². The van der Waals surface area contributed by atoms with Crippen LogP contribution < -0.4 is 10.2 Å². The van der Waals surface area contributed by atoms with Gasteiger partial charge in [-0.25, -0.2) is 5.43 Å². The monoisotopic (exact) mass is 414 g/mol. The van der Waals surface area contributed by atoms with Crippen LogP contribution in [-0.4, -0.2) is 18.7 Å². The summed E-state index contributed by atoms with van der Waals surface area (Å²) in [5, 5.41) is 4.55. The summed E-state index contributed by atoms with van der Waals surface area (Å²) in [5.74, 6) is 0.431. The van der Waals surface area contributed by atoms with Crippen LogP contribution in [0, 0.1) is 6.92 Å². The first-order valence-corrected chi connectivity index (χ1v) is 10.8. The fourth-order valence-electron chi connectivity index (χ4n) is 2.89. The number of ether oxygens (including phenoxy) is 1. The predicted molar refractivity (Wildman–Crippen MR) is 121 cm³/mol. The number of halogens is 1. The highest BCUT2D eigenvalue weighted by Gasteiger charge is 2.04. The van der Waals surface area contributed by atoms with Crippen molar-refractivity contribution in [1.29, 1.82) is 0 Å². The first kappa shape index (κ1) is 23.0. The molecule has 1 amide bonds. The van der Waals surface area contributed by atoms with Crippen LogP contribution in [0.15, 0.2) is 47.6 Å². The molecule has 0 radical (unpaired) electrons. The van der Waals surface area contributed by atoms with Crippen LogP contribution in [-0.2, 0) is 0 Å². The number of hydrazone groups is 1. The Morgan fingerprint density at radius 1 is 1.03 bits per heavy atom. The topological polar surface area (TPSA) is 50.7 Å². The van der Waals surface area contributed by atoms with Crippen molar-refractivity contribution in [1.82, 2.24) is 5.43 Å². The Kier molecular flexibility index (Phi) is 10.3. The van der Waals surface area contributed by atoms with Crippen molar-refractivity contribution in [3.8, 4) is 5.75 Å². The lowest BCUT2D eigenvalue weighted by Crippen LogP contribution is -2.17. The molecule has 29 heavy (non-hydrogen) atoms. The SMILES string of the molecule is CCCCCCCCCOc1ccc(/C=N\NC(=O)c2ccc(C)cc2)cc1Cl. The molecule has 5 heteroatoms. The number of unbranched alkanes of at least 4 members (excludes halogenated alkanes) is 6. The molecule has 0 aliphatic rings. The molecule has 0 aromatic heterocycles. The van der Waals surface area contributed by atoms with E-state index >= 15 is 0 Å². The molecule has 156 valence electrons. The maximum absolute atomic E-state index is 12.0. The van der Waals surface area contributed by atoms with Gasteiger partial charge in [-0.1, -0.05) is 74.7 Å². The lowest BCUT2D eigenvalue weighted by Gasteiger charge is -2.08. The third kappa shape index (κ3) is 8.70. The third-order valence-corrected chi connectivity index (χ3v) is 4.95. The molecule has 1 N–H and O–H groups in total. The largest absolute Gasteiger partial charge is 0.492 e. The van der Waals surface area contributed by atoms with Gasteiger partial charge >= 0.3 is 0 Å². The smallest absolute Gasteiger partial charge is 0.271 e. The average Bonchev–Trinajstić information content (AvgIpc) is 2.71. The number of rotatable bonds is 12. The van der Waals surface area contributed by atoms with Gasteiger partial charge in [0.15, 0.2) is 0 Å². The molecule has 0 heterocycles. The zero-order valence-corrected chi connectivity index (χ0v) is 18.2. The normalized spacial score (nSPS) is 11.0. The van der Waals surface area contributed by atoms with Crippen LogP contribution in [0.1, 0.15) is 73.4 Å². The van der Waals surface area contributed by atoms with Gasteiger partial charge in [0.25, 0.3) is 5.91 Å². The molecular formula is C24H31ClN2O2. The summed E-state index contributed by atoms with van der Waals surface area (Å²) in [5.41, 5.74) is 4.99. The summed E-state index contributed by atoms with van der Waals surface area (Å²) in [7, 11) is 0. The highest BCUT2D eigenvalue weighted by molar-refractivity contribution is 6.32. The summed E-state index contributed by atoms with van der Waals surface area (Å²) < 4.78 is 5.78. The summed E-state index contributed by atoms with van der Waals surface area (Å²) in [6.07, 6.45) is 10.3. The Labute approximate surface area is 179 Å². The number of nitrogens with one attached hydrogen (secondary N) is 1. The number of benzene rings is 2. The van der Waals surface area contributed by atoms with Crippen molar-refractivity contribution in [3.05, 3.63) is 64.2 Å². The van der Waals surface area contributed by atoms with Crippen LogP contribution in [0.3, 0.4) is 0 Å². The van der Waals surface area contributed by atoms with Gasteiger partial charge in [0.1, 0.15) is 5.75 Å². The van der Waals surface area contributed by atoms with Crippen LogP contribution in [0.4, 0.5) is 0 Å². The Morgan fingerprint density at radius 2 is 1.72 bits per heavy atom. The minimum absolute atomic E-state index is 0.248. The second-order valence-corrected chi connectivity index (χ2v) is 7.63. The van der Waals surface area contributed by atoms with Gasteiger partial charge < -0.3 is 4.74 Å². The molecule has 0 spiro atoms. The van der Waals surface area contributed by atoms with E-state index in [-0.39, 0.29) is 5.91 Å². The number of amides is 1. The maximum Gasteiger partial charge on any atom is 0.271 e. The Bertz CT molecular complexity index is 788. The van der Waals surface area contributed by atoms with E-state index in [1.807, 2.05) is 31.2 Å². The highest BCUT2D eigenvalue weighted by atomic mass is 35.5. The molecule has 0 aliphatic heterocycles. The number of carbonyl (C=O) groups is 1. The van der Waals surface area contributed by atoms with Crippen molar-refractivity contribution in [2.24, 2.45) is 5.10 Å². The Hall–Kier alpha value is -2.33. The first-order chi connectivity index (χ1) is 14.1. The van der Waals surface area contributed by atoms with Crippen LogP contribution >= 0.6 is 11.6 Å². The van der Waals surface area contributed by atoms with Gasteiger partial charge in [-0.2, -0.15) is 5.10 Å². The molecular weight excluding hydrogens is 384 g/mol. The van der Waals surface area contributed by atoms with E-state index in [0.29, 0.717) is 22.9 Å². The lowest BCUT2D eigenvalue weighted by atomic mass is 10.1. The van der Waals surface area contributed by atoms with E-state index in [1.165, 1.54) is 38.5 Å². The molecule has 0 bridgehead atoms. The van der Waals surface area contributed by atoms with E-state index in [1.54, 1.807) is 24.4 Å². The van der Waals surface area contributed by atoms with Crippen molar-refractivity contribution >= 4 is 23.7 Å². The number of carbonyl (C=O) groups excluding carboxylic acids is 1. The second kappa shape index (κ2) is 13.0. The van der Waals surface area contributed by atoms with Crippen LogP contribution in [0.2, 0.25) is 5.02 Å². The van der Waals surface area contributed by atoms with Crippen molar-refractivity contribution in [2.45, 2.75) is 58.8 Å². The minimum Gasteiger partial charge on any atom is -0.492 e. The Balaban J connectivity index is 1.73. The molecule has 2 aromatic carbocycles. The van der Waals surface area contributed by atoms with Gasteiger partial charge in [0.05, 0.1) is 17.8 Å². The lowest BCUT2D eigenvalue weighted by molar-refractivity contribution is 0.0955. The second-order valence-electron chi connectivity index (χ2n) is 7.22. The molecule has 2 rings (SSSR count). The average molecular weight is 415 g/mol. The number of aryl methyl sites for hydroxylation is 1. The molecule has 0 unspecified atom stereocenters. The number of nitrogens with zero attached hydrogens (tertiary/aromatic N) is 1. The Morgan fingerprint density at radius 3 is 2.41 bits per heavy atom.